The minimum Gasteiger partial charge on any atom is -0.377 e. The molecule has 0 aromatic carbocycles. The van der Waals surface area contributed by atoms with Gasteiger partial charge in [0.05, 0.1) is 13.2 Å². The molecule has 4 nitrogen and oxygen atoms in total. The maximum atomic E-state index is 12.3. The molecule has 0 aliphatic carbocycles. The Morgan fingerprint density at radius 3 is 2.55 bits per heavy atom. The Labute approximate surface area is 64.5 Å². The molecule has 2 atom stereocenters. The fourth-order valence-electron chi connectivity index (χ4n) is 0.997. The monoisotopic (exact) mass is 184 g/mol. The van der Waals surface area contributed by atoms with Gasteiger partial charge in [-0.3, -0.25) is 0 Å². The predicted molar refractivity (Wildman–Crippen MR) is 35.4 cm³/mol. The van der Waals surface area contributed by atoms with E-state index in [-0.39, 0.29) is 13.2 Å². The molecular weight excluding hydrogens is 175 g/mol. The average Bonchev–Trinajstić information content (AvgIpc) is 2.31. The lowest BCUT2D eigenvalue weighted by Crippen LogP contribution is -2.31. The molecule has 1 aliphatic rings. The first-order valence-electron chi connectivity index (χ1n) is 3.09. The SMILES string of the molecule is COC1COCC1S(=O)(=O)F. The summed E-state index contributed by atoms with van der Waals surface area (Å²) in [7, 11) is -3.18. The summed E-state index contributed by atoms with van der Waals surface area (Å²) in [4.78, 5) is 0. The van der Waals surface area contributed by atoms with Gasteiger partial charge in [0.25, 0.3) is 0 Å². The highest BCUT2D eigenvalue weighted by Gasteiger charge is 2.38. The molecule has 0 N–H and O–H groups in total. The van der Waals surface area contributed by atoms with Crippen molar-refractivity contribution in [3.8, 4) is 0 Å². The van der Waals surface area contributed by atoms with Crippen molar-refractivity contribution in [2.45, 2.75) is 11.4 Å². The van der Waals surface area contributed by atoms with Crippen molar-refractivity contribution in [1.29, 1.82) is 0 Å². The molecule has 0 bridgehead atoms. The van der Waals surface area contributed by atoms with Crippen molar-refractivity contribution in [2.24, 2.45) is 0 Å². The second-order valence-electron chi connectivity index (χ2n) is 2.33. The highest BCUT2D eigenvalue weighted by atomic mass is 32.3. The molecule has 2 unspecified atom stereocenters. The summed E-state index contributed by atoms with van der Waals surface area (Å²) in [6, 6.07) is 0. The van der Waals surface area contributed by atoms with Crippen LogP contribution in [0, 0.1) is 0 Å². The van der Waals surface area contributed by atoms with Crippen LogP contribution in [-0.2, 0) is 19.7 Å². The van der Waals surface area contributed by atoms with Gasteiger partial charge < -0.3 is 9.47 Å². The van der Waals surface area contributed by atoms with Crippen LogP contribution in [0.5, 0.6) is 0 Å². The summed E-state index contributed by atoms with van der Waals surface area (Å²) >= 11 is 0. The molecule has 1 saturated heterocycles. The zero-order valence-electron chi connectivity index (χ0n) is 5.99. The Hall–Kier alpha value is -0.200. The van der Waals surface area contributed by atoms with Crippen LogP contribution in [0.15, 0.2) is 0 Å². The van der Waals surface area contributed by atoms with Gasteiger partial charge in [-0.2, -0.15) is 8.42 Å². The Morgan fingerprint density at radius 2 is 2.18 bits per heavy atom. The summed E-state index contributed by atoms with van der Waals surface area (Å²) in [6.45, 7) is 0.0294. The number of methoxy groups -OCH3 is 1. The summed E-state index contributed by atoms with van der Waals surface area (Å²) in [6.07, 6.45) is -0.662. The molecule has 11 heavy (non-hydrogen) atoms. The second kappa shape index (κ2) is 3.04. The zero-order chi connectivity index (χ0) is 8.48. The van der Waals surface area contributed by atoms with E-state index in [1.807, 2.05) is 0 Å². The van der Waals surface area contributed by atoms with Crippen molar-refractivity contribution >= 4 is 10.2 Å². The number of ether oxygens (including phenoxy) is 2. The van der Waals surface area contributed by atoms with Gasteiger partial charge in [-0.05, 0) is 0 Å². The molecule has 1 aliphatic heterocycles. The van der Waals surface area contributed by atoms with E-state index in [9.17, 15) is 12.3 Å². The highest BCUT2D eigenvalue weighted by molar-refractivity contribution is 7.87. The van der Waals surface area contributed by atoms with Gasteiger partial charge in [0.2, 0.25) is 0 Å². The third-order valence-corrected chi connectivity index (χ3v) is 2.81. The maximum Gasteiger partial charge on any atom is 0.310 e. The smallest absolute Gasteiger partial charge is 0.310 e. The lowest BCUT2D eigenvalue weighted by molar-refractivity contribution is 0.0826. The first-order valence-corrected chi connectivity index (χ1v) is 4.54. The van der Waals surface area contributed by atoms with Crippen LogP contribution in [0.3, 0.4) is 0 Å². The van der Waals surface area contributed by atoms with Crippen LogP contribution in [0.2, 0.25) is 0 Å². The van der Waals surface area contributed by atoms with Crippen LogP contribution in [0.25, 0.3) is 0 Å². The van der Waals surface area contributed by atoms with Crippen LogP contribution in [0.4, 0.5) is 3.89 Å². The molecule has 1 fully saturated rings. The quantitative estimate of drug-likeness (QED) is 0.553. The number of rotatable bonds is 2. The van der Waals surface area contributed by atoms with E-state index in [1.165, 1.54) is 7.11 Å². The van der Waals surface area contributed by atoms with E-state index < -0.39 is 21.6 Å². The maximum absolute atomic E-state index is 12.3. The third kappa shape index (κ3) is 1.88. The molecule has 0 saturated carbocycles. The van der Waals surface area contributed by atoms with Gasteiger partial charge in [-0.15, -0.1) is 3.89 Å². The first-order chi connectivity index (χ1) is 5.05. The van der Waals surface area contributed by atoms with E-state index in [4.69, 9.17) is 9.47 Å². The number of halogens is 1. The summed E-state index contributed by atoms with van der Waals surface area (Å²) in [5.74, 6) is 0. The van der Waals surface area contributed by atoms with Crippen molar-refractivity contribution < 1.29 is 21.8 Å². The van der Waals surface area contributed by atoms with E-state index >= 15 is 0 Å². The van der Waals surface area contributed by atoms with Gasteiger partial charge >= 0.3 is 10.2 Å². The van der Waals surface area contributed by atoms with E-state index in [1.54, 1.807) is 0 Å². The van der Waals surface area contributed by atoms with Crippen LogP contribution in [0.1, 0.15) is 0 Å². The van der Waals surface area contributed by atoms with Gasteiger partial charge in [0.15, 0.2) is 0 Å². The minimum absolute atomic E-state index is 0.114. The Morgan fingerprint density at radius 1 is 1.55 bits per heavy atom. The largest absolute Gasteiger partial charge is 0.377 e. The predicted octanol–water partition coefficient (Wildman–Crippen LogP) is -0.300. The van der Waals surface area contributed by atoms with Crippen molar-refractivity contribution in [3.63, 3.8) is 0 Å². The summed E-state index contributed by atoms with van der Waals surface area (Å²) in [5, 5.41) is -1.15. The standard InChI is InChI=1S/C5H9FO4S/c1-9-4-2-10-3-5(4)11(6,7)8/h4-5H,2-3H2,1H3. The molecule has 66 valence electrons. The van der Waals surface area contributed by atoms with E-state index in [0.717, 1.165) is 0 Å². The molecule has 0 aromatic heterocycles. The zero-order valence-corrected chi connectivity index (χ0v) is 6.80. The lowest BCUT2D eigenvalue weighted by atomic mass is 10.3. The molecule has 1 rings (SSSR count). The molecule has 0 radical (unpaired) electrons. The molecule has 1 heterocycles. The van der Waals surface area contributed by atoms with Gasteiger partial charge in [-0.25, -0.2) is 0 Å². The number of hydrogen-bond donors (Lipinski definition) is 0. The molecular formula is C5H9FO4S. The average molecular weight is 184 g/mol. The summed E-state index contributed by atoms with van der Waals surface area (Å²) in [5.41, 5.74) is 0. The fourth-order valence-corrected chi connectivity index (χ4v) is 1.81. The van der Waals surface area contributed by atoms with Crippen molar-refractivity contribution in [2.75, 3.05) is 20.3 Å². The summed E-state index contributed by atoms with van der Waals surface area (Å²) < 4.78 is 42.5. The van der Waals surface area contributed by atoms with E-state index in [0.29, 0.717) is 0 Å². The van der Waals surface area contributed by atoms with Gasteiger partial charge in [0, 0.05) is 7.11 Å². The molecule has 0 aromatic rings. The van der Waals surface area contributed by atoms with Crippen molar-refractivity contribution in [3.05, 3.63) is 0 Å². The highest BCUT2D eigenvalue weighted by Crippen LogP contribution is 2.18. The van der Waals surface area contributed by atoms with Gasteiger partial charge in [-0.1, -0.05) is 0 Å². The second-order valence-corrected chi connectivity index (χ2v) is 3.88. The first kappa shape index (κ1) is 8.89. The third-order valence-electron chi connectivity index (χ3n) is 1.64. The van der Waals surface area contributed by atoms with Crippen LogP contribution < -0.4 is 0 Å². The Kier molecular flexibility index (Phi) is 2.46. The number of hydrogen-bond acceptors (Lipinski definition) is 4. The molecule has 6 heteroatoms. The minimum atomic E-state index is -4.51. The molecule has 0 spiro atoms. The van der Waals surface area contributed by atoms with E-state index in [2.05, 4.69) is 0 Å². The normalized spacial score (nSPS) is 32.5. The topological polar surface area (TPSA) is 52.6 Å². The van der Waals surface area contributed by atoms with Crippen LogP contribution in [-0.4, -0.2) is 40.1 Å². The van der Waals surface area contributed by atoms with Crippen LogP contribution >= 0.6 is 0 Å². The Balaban J connectivity index is 2.72. The fraction of sp³-hybridized carbons (Fsp3) is 1.00. The van der Waals surface area contributed by atoms with Crippen molar-refractivity contribution in [1.82, 2.24) is 0 Å². The van der Waals surface area contributed by atoms with Gasteiger partial charge in [0.1, 0.15) is 11.4 Å². The lowest BCUT2D eigenvalue weighted by Gasteiger charge is -2.10. The Bertz CT molecular complexity index is 225. The molecule has 0 amide bonds.